The number of aliphatic carboxylic acids is 1. The number of anilines is 1. The highest BCUT2D eigenvalue weighted by Crippen LogP contribution is 2.14. The number of nitrogens with one attached hydrogen (secondary N) is 1. The van der Waals surface area contributed by atoms with Crippen LogP contribution >= 0.6 is 0 Å². The van der Waals surface area contributed by atoms with Crippen molar-refractivity contribution in [2.24, 2.45) is 0 Å². The van der Waals surface area contributed by atoms with Gasteiger partial charge in [0.05, 0.1) is 24.8 Å². The fraction of sp³-hybridized carbons (Fsp3) is 0.0909. The first kappa shape index (κ1) is 19.8. The van der Waals surface area contributed by atoms with Crippen LogP contribution in [0, 0.1) is 0 Å². The number of amides is 3. The molecule has 0 saturated heterocycles. The average molecular weight is 389 g/mol. The van der Waals surface area contributed by atoms with E-state index in [1.165, 1.54) is 6.20 Å². The summed E-state index contributed by atoms with van der Waals surface area (Å²) in [7, 11) is 0. The number of hydrogen-bond donors (Lipinski definition) is 2. The van der Waals surface area contributed by atoms with Gasteiger partial charge in [0, 0.05) is 11.8 Å². The summed E-state index contributed by atoms with van der Waals surface area (Å²) in [4.78, 5) is 41.7. The maximum atomic E-state index is 13.0. The monoisotopic (exact) mass is 389 g/mol. The van der Waals surface area contributed by atoms with Crippen LogP contribution in [0.2, 0.25) is 0 Å². The van der Waals surface area contributed by atoms with E-state index in [1.54, 1.807) is 72.9 Å². The van der Waals surface area contributed by atoms with Crippen LogP contribution in [0.5, 0.6) is 0 Å². The smallest absolute Gasteiger partial charge is 0.329 e. The predicted molar refractivity (Wildman–Crippen MR) is 107 cm³/mol. The molecule has 0 saturated carbocycles. The van der Waals surface area contributed by atoms with Gasteiger partial charge >= 0.3 is 12.0 Å². The van der Waals surface area contributed by atoms with E-state index in [-0.39, 0.29) is 13.0 Å². The molecule has 7 nitrogen and oxygen atoms in total. The standard InChI is InChI=1S/C22H19N3O4/c26-20(27)13-16-8-10-17(11-9-16)15-25(21(28)18-5-2-1-3-6-18)22(29)24-19-7-4-12-23-14-19/h1-12,14H,13,15H2,(H,24,29)(H,26,27). The van der Waals surface area contributed by atoms with Gasteiger partial charge in [0.15, 0.2) is 0 Å². The molecular weight excluding hydrogens is 370 g/mol. The molecule has 0 fully saturated rings. The summed E-state index contributed by atoms with van der Waals surface area (Å²) in [5.74, 6) is -1.36. The van der Waals surface area contributed by atoms with Crippen LogP contribution in [0.4, 0.5) is 10.5 Å². The quantitative estimate of drug-likeness (QED) is 0.671. The summed E-state index contributed by atoms with van der Waals surface area (Å²) in [6.45, 7) is 0.0349. The van der Waals surface area contributed by atoms with Gasteiger partial charge in [0.2, 0.25) is 0 Å². The van der Waals surface area contributed by atoms with Crippen molar-refractivity contribution < 1.29 is 19.5 Å². The number of carboxylic acids is 1. The van der Waals surface area contributed by atoms with E-state index >= 15 is 0 Å². The van der Waals surface area contributed by atoms with Gasteiger partial charge in [-0.1, -0.05) is 42.5 Å². The van der Waals surface area contributed by atoms with Gasteiger partial charge in [0.1, 0.15) is 0 Å². The lowest BCUT2D eigenvalue weighted by molar-refractivity contribution is -0.136. The molecule has 0 radical (unpaired) electrons. The third kappa shape index (κ3) is 5.49. The van der Waals surface area contributed by atoms with Gasteiger partial charge in [0.25, 0.3) is 5.91 Å². The van der Waals surface area contributed by atoms with E-state index in [4.69, 9.17) is 5.11 Å². The molecule has 0 aliphatic heterocycles. The highest BCUT2D eigenvalue weighted by molar-refractivity contribution is 6.07. The third-order valence-corrected chi connectivity index (χ3v) is 4.14. The molecule has 0 unspecified atom stereocenters. The number of urea groups is 1. The van der Waals surface area contributed by atoms with Crippen molar-refractivity contribution in [2.75, 3.05) is 5.32 Å². The van der Waals surface area contributed by atoms with Gasteiger partial charge in [-0.2, -0.15) is 0 Å². The van der Waals surface area contributed by atoms with Crippen molar-refractivity contribution in [1.29, 1.82) is 0 Å². The van der Waals surface area contributed by atoms with Crippen LogP contribution in [0.25, 0.3) is 0 Å². The third-order valence-electron chi connectivity index (χ3n) is 4.14. The molecule has 0 aliphatic carbocycles. The van der Waals surface area contributed by atoms with Crippen molar-refractivity contribution >= 4 is 23.6 Å². The molecule has 7 heteroatoms. The Balaban J connectivity index is 1.83. The first-order valence-electron chi connectivity index (χ1n) is 8.90. The Morgan fingerprint density at radius 2 is 1.59 bits per heavy atom. The molecule has 2 aromatic carbocycles. The van der Waals surface area contributed by atoms with Gasteiger partial charge in [-0.05, 0) is 35.4 Å². The Labute approximate surface area is 167 Å². The maximum Gasteiger partial charge on any atom is 0.329 e. The minimum Gasteiger partial charge on any atom is -0.481 e. The molecule has 1 heterocycles. The number of pyridine rings is 1. The summed E-state index contributed by atoms with van der Waals surface area (Å²) >= 11 is 0. The molecule has 0 spiro atoms. The van der Waals surface area contributed by atoms with Crippen LogP contribution in [-0.4, -0.2) is 32.9 Å². The van der Waals surface area contributed by atoms with E-state index < -0.39 is 17.9 Å². The van der Waals surface area contributed by atoms with Crippen LogP contribution in [0.3, 0.4) is 0 Å². The summed E-state index contributed by atoms with van der Waals surface area (Å²) in [5, 5.41) is 11.6. The highest BCUT2D eigenvalue weighted by atomic mass is 16.4. The lowest BCUT2D eigenvalue weighted by Gasteiger charge is -2.22. The molecular formula is C22H19N3O4. The second kappa shape index (κ2) is 9.27. The number of aromatic nitrogens is 1. The van der Waals surface area contributed by atoms with E-state index in [2.05, 4.69) is 10.3 Å². The van der Waals surface area contributed by atoms with Gasteiger partial charge in [-0.15, -0.1) is 0 Å². The average Bonchev–Trinajstić information content (AvgIpc) is 2.73. The lowest BCUT2D eigenvalue weighted by atomic mass is 10.1. The molecule has 3 amide bonds. The maximum absolute atomic E-state index is 13.0. The highest BCUT2D eigenvalue weighted by Gasteiger charge is 2.23. The number of benzene rings is 2. The van der Waals surface area contributed by atoms with Crippen molar-refractivity contribution in [3.63, 3.8) is 0 Å². The first-order chi connectivity index (χ1) is 14.0. The summed E-state index contributed by atoms with van der Waals surface area (Å²) < 4.78 is 0. The number of rotatable bonds is 6. The minimum absolute atomic E-state index is 0.0349. The molecule has 1 aromatic heterocycles. The zero-order valence-electron chi connectivity index (χ0n) is 15.5. The summed E-state index contributed by atoms with van der Waals surface area (Å²) in [5.41, 5.74) is 2.20. The molecule has 0 atom stereocenters. The number of hydrogen-bond acceptors (Lipinski definition) is 4. The Kier molecular flexibility index (Phi) is 6.32. The fourth-order valence-electron chi connectivity index (χ4n) is 2.72. The summed E-state index contributed by atoms with van der Waals surface area (Å²) in [6.07, 6.45) is 2.99. The van der Waals surface area contributed by atoms with Gasteiger partial charge < -0.3 is 10.4 Å². The van der Waals surface area contributed by atoms with Crippen molar-refractivity contribution in [2.45, 2.75) is 13.0 Å². The largest absolute Gasteiger partial charge is 0.481 e. The molecule has 29 heavy (non-hydrogen) atoms. The number of carbonyl (C=O) groups is 3. The first-order valence-corrected chi connectivity index (χ1v) is 8.90. The Bertz CT molecular complexity index is 990. The van der Waals surface area contributed by atoms with Crippen LogP contribution in [-0.2, 0) is 17.8 Å². The minimum atomic E-state index is -0.922. The number of imide groups is 1. The Hall–Kier alpha value is -4.00. The van der Waals surface area contributed by atoms with Gasteiger partial charge in [-0.3, -0.25) is 19.5 Å². The van der Waals surface area contributed by atoms with E-state index in [9.17, 15) is 14.4 Å². The summed E-state index contributed by atoms with van der Waals surface area (Å²) in [6, 6.07) is 18.1. The van der Waals surface area contributed by atoms with Crippen molar-refractivity contribution in [3.05, 3.63) is 95.8 Å². The van der Waals surface area contributed by atoms with Crippen LogP contribution in [0.1, 0.15) is 21.5 Å². The van der Waals surface area contributed by atoms with E-state index in [0.717, 1.165) is 4.90 Å². The normalized spacial score (nSPS) is 10.2. The number of carboxylic acid groups (broad SMARTS) is 1. The molecule has 0 aliphatic rings. The second-order valence-corrected chi connectivity index (χ2v) is 6.32. The molecule has 2 N–H and O–H groups in total. The van der Waals surface area contributed by atoms with E-state index in [0.29, 0.717) is 22.4 Å². The van der Waals surface area contributed by atoms with Gasteiger partial charge in [-0.25, -0.2) is 4.79 Å². The molecule has 146 valence electrons. The van der Waals surface area contributed by atoms with Crippen LogP contribution in [0.15, 0.2) is 79.1 Å². The molecule has 0 bridgehead atoms. The van der Waals surface area contributed by atoms with Crippen molar-refractivity contribution in [3.8, 4) is 0 Å². The van der Waals surface area contributed by atoms with Crippen LogP contribution < -0.4 is 5.32 Å². The molecule has 3 aromatic rings. The number of carbonyl (C=O) groups excluding carboxylic acids is 2. The van der Waals surface area contributed by atoms with E-state index in [1.807, 2.05) is 0 Å². The Morgan fingerprint density at radius 1 is 0.897 bits per heavy atom. The molecule has 3 rings (SSSR count). The zero-order valence-corrected chi connectivity index (χ0v) is 15.5. The number of nitrogens with zero attached hydrogens (tertiary/aromatic N) is 2. The SMILES string of the molecule is O=C(O)Cc1ccc(CN(C(=O)Nc2cccnc2)C(=O)c2ccccc2)cc1. The van der Waals surface area contributed by atoms with Crippen molar-refractivity contribution in [1.82, 2.24) is 9.88 Å². The zero-order chi connectivity index (χ0) is 20.6. The lowest BCUT2D eigenvalue weighted by Crippen LogP contribution is -2.39. The second-order valence-electron chi connectivity index (χ2n) is 6.32. The fourth-order valence-corrected chi connectivity index (χ4v) is 2.72. The predicted octanol–water partition coefficient (Wildman–Crippen LogP) is 3.58. The Morgan fingerprint density at radius 3 is 2.21 bits per heavy atom. The topological polar surface area (TPSA) is 99.6 Å².